The van der Waals surface area contributed by atoms with E-state index in [0.29, 0.717) is 12.4 Å². The third kappa shape index (κ3) is 7.08. The van der Waals surface area contributed by atoms with E-state index in [2.05, 4.69) is 36.4 Å². The molecule has 1 fully saturated rings. The summed E-state index contributed by atoms with van der Waals surface area (Å²) < 4.78 is 4.55. The van der Waals surface area contributed by atoms with Gasteiger partial charge in [0.25, 0.3) is 11.7 Å². The Kier molecular flexibility index (Phi) is 7.62. The standard InChI is InChI=1S/C13H17NOS.C5H10O2/c1-10-7-8-14(13(15)16)12(9-10)11-5-3-2-4-6-11;1-5(2,3)7-4-6/h2-6,10,12H,7-9H2,1H3,(H,15,16);4H,1-3H3. The predicted molar refractivity (Wildman–Crippen MR) is 95.6 cm³/mol. The maximum atomic E-state index is 11.5. The molecule has 0 saturated carbocycles. The van der Waals surface area contributed by atoms with E-state index in [9.17, 15) is 9.59 Å². The number of amides is 1. The Hall–Kier alpha value is -1.49. The quantitative estimate of drug-likeness (QED) is 0.640. The number of carbonyl (C=O) groups excluding carboxylic acids is 2. The number of hydrogen-bond donors (Lipinski definition) is 1. The molecule has 0 N–H and O–H groups in total. The van der Waals surface area contributed by atoms with Gasteiger partial charge in [0.2, 0.25) is 0 Å². The van der Waals surface area contributed by atoms with Crippen molar-refractivity contribution in [1.82, 2.24) is 4.90 Å². The summed E-state index contributed by atoms with van der Waals surface area (Å²) in [6, 6.07) is 10.4. The van der Waals surface area contributed by atoms with E-state index in [-0.39, 0.29) is 16.9 Å². The van der Waals surface area contributed by atoms with E-state index >= 15 is 0 Å². The molecule has 4 nitrogen and oxygen atoms in total. The molecule has 1 amide bonds. The molecule has 0 aliphatic carbocycles. The van der Waals surface area contributed by atoms with Gasteiger partial charge in [-0.2, -0.15) is 0 Å². The Morgan fingerprint density at radius 3 is 2.35 bits per heavy atom. The Balaban J connectivity index is 0.000000322. The minimum atomic E-state index is -0.318. The summed E-state index contributed by atoms with van der Waals surface area (Å²) in [5.41, 5.74) is 0.901. The highest BCUT2D eigenvalue weighted by molar-refractivity contribution is 7.96. The van der Waals surface area contributed by atoms with Crippen molar-refractivity contribution in [3.8, 4) is 0 Å². The first-order valence-electron chi connectivity index (χ1n) is 7.90. The monoisotopic (exact) mass is 337 g/mol. The highest BCUT2D eigenvalue weighted by Crippen LogP contribution is 2.34. The van der Waals surface area contributed by atoms with Crippen molar-refractivity contribution in [2.45, 2.75) is 52.2 Å². The zero-order chi connectivity index (χ0) is 17.5. The molecule has 1 aliphatic heterocycles. The van der Waals surface area contributed by atoms with Crippen LogP contribution in [0.2, 0.25) is 0 Å². The maximum Gasteiger partial charge on any atom is 0.293 e. The molecule has 128 valence electrons. The van der Waals surface area contributed by atoms with Crippen molar-refractivity contribution in [1.29, 1.82) is 0 Å². The number of ether oxygens (including phenoxy) is 1. The van der Waals surface area contributed by atoms with Gasteiger partial charge in [-0.1, -0.05) is 49.9 Å². The topological polar surface area (TPSA) is 46.6 Å². The van der Waals surface area contributed by atoms with E-state index in [1.54, 1.807) is 0 Å². The molecule has 0 bridgehead atoms. The molecular formula is C18H27NO3S. The summed E-state index contributed by atoms with van der Waals surface area (Å²) >= 11 is 3.97. The van der Waals surface area contributed by atoms with Crippen LogP contribution in [0.25, 0.3) is 0 Å². The van der Waals surface area contributed by atoms with Gasteiger partial charge in [-0.15, -0.1) is 0 Å². The second-order valence-electron chi connectivity index (χ2n) is 6.86. The Labute approximate surface area is 144 Å². The average Bonchev–Trinajstić information content (AvgIpc) is 2.47. The lowest BCUT2D eigenvalue weighted by molar-refractivity contribution is -0.138. The van der Waals surface area contributed by atoms with Crippen molar-refractivity contribution in [2.24, 2.45) is 5.92 Å². The van der Waals surface area contributed by atoms with Crippen LogP contribution in [0.4, 0.5) is 4.79 Å². The lowest BCUT2D eigenvalue weighted by Gasteiger charge is -2.37. The van der Waals surface area contributed by atoms with E-state index in [1.807, 2.05) is 43.9 Å². The molecule has 2 atom stereocenters. The summed E-state index contributed by atoms with van der Waals surface area (Å²) in [6.45, 7) is 8.99. The molecule has 1 heterocycles. The summed E-state index contributed by atoms with van der Waals surface area (Å²) in [6.07, 6.45) is 2.12. The van der Waals surface area contributed by atoms with E-state index in [0.717, 1.165) is 19.4 Å². The van der Waals surface area contributed by atoms with Gasteiger partial charge in [-0.05, 0) is 45.1 Å². The molecule has 1 aliphatic rings. The first-order valence-corrected chi connectivity index (χ1v) is 8.35. The fraction of sp³-hybridized carbons (Fsp3) is 0.556. The van der Waals surface area contributed by atoms with E-state index in [4.69, 9.17) is 0 Å². The van der Waals surface area contributed by atoms with Crippen LogP contribution in [-0.4, -0.2) is 28.8 Å². The predicted octanol–water partition coefficient (Wildman–Crippen LogP) is 4.47. The van der Waals surface area contributed by atoms with E-state index in [1.165, 1.54) is 5.56 Å². The van der Waals surface area contributed by atoms with Crippen LogP contribution in [0.1, 0.15) is 52.1 Å². The molecule has 1 aromatic carbocycles. The zero-order valence-electron chi connectivity index (χ0n) is 14.4. The van der Waals surface area contributed by atoms with Gasteiger partial charge in [0.15, 0.2) is 0 Å². The summed E-state index contributed by atoms with van der Waals surface area (Å²) in [7, 11) is 0. The van der Waals surface area contributed by atoms with Gasteiger partial charge in [-0.3, -0.25) is 9.59 Å². The fourth-order valence-electron chi connectivity index (χ4n) is 2.51. The molecule has 0 aromatic heterocycles. The number of hydrogen-bond acceptors (Lipinski definition) is 3. The van der Waals surface area contributed by atoms with Crippen LogP contribution in [-0.2, 0) is 9.53 Å². The lowest BCUT2D eigenvalue weighted by Crippen LogP contribution is -2.37. The molecule has 23 heavy (non-hydrogen) atoms. The molecule has 5 heteroatoms. The molecule has 0 spiro atoms. The number of carbonyl (C=O) groups is 2. The van der Waals surface area contributed by atoms with Crippen LogP contribution in [0.5, 0.6) is 0 Å². The molecule has 2 unspecified atom stereocenters. The van der Waals surface area contributed by atoms with Gasteiger partial charge in [0, 0.05) is 6.54 Å². The fourth-order valence-corrected chi connectivity index (χ4v) is 2.75. The second-order valence-corrected chi connectivity index (χ2v) is 7.24. The Bertz CT molecular complexity index is 499. The minimum absolute atomic E-state index is 0.110. The van der Waals surface area contributed by atoms with Gasteiger partial charge in [0.1, 0.15) is 5.60 Å². The minimum Gasteiger partial charge on any atom is -0.462 e. The van der Waals surface area contributed by atoms with E-state index < -0.39 is 0 Å². The highest BCUT2D eigenvalue weighted by atomic mass is 32.1. The van der Waals surface area contributed by atoms with Crippen LogP contribution >= 0.6 is 12.6 Å². The van der Waals surface area contributed by atoms with Crippen LogP contribution in [0.15, 0.2) is 30.3 Å². The summed E-state index contributed by atoms with van der Waals surface area (Å²) in [5.74, 6) is 0.675. The molecule has 1 saturated heterocycles. The average molecular weight is 337 g/mol. The van der Waals surface area contributed by atoms with Crippen molar-refractivity contribution in [3.63, 3.8) is 0 Å². The smallest absolute Gasteiger partial charge is 0.293 e. The van der Waals surface area contributed by atoms with Gasteiger partial charge >= 0.3 is 0 Å². The van der Waals surface area contributed by atoms with Crippen molar-refractivity contribution in [2.75, 3.05) is 6.54 Å². The van der Waals surface area contributed by atoms with Crippen LogP contribution in [0, 0.1) is 5.92 Å². The Morgan fingerprint density at radius 2 is 1.91 bits per heavy atom. The van der Waals surface area contributed by atoms with Gasteiger partial charge < -0.3 is 9.64 Å². The SMILES string of the molecule is CC(C)(C)OC=O.CC1CCN(C(=O)S)C(c2ccccc2)C1. The number of thiol groups is 1. The molecule has 0 radical (unpaired) electrons. The van der Waals surface area contributed by atoms with Crippen LogP contribution < -0.4 is 0 Å². The third-order valence-electron chi connectivity index (χ3n) is 3.70. The lowest BCUT2D eigenvalue weighted by atomic mass is 9.89. The first kappa shape index (κ1) is 19.6. The first-order chi connectivity index (χ1) is 10.7. The molecule has 2 rings (SSSR count). The molecule has 1 aromatic rings. The van der Waals surface area contributed by atoms with Gasteiger partial charge in [0.05, 0.1) is 6.04 Å². The van der Waals surface area contributed by atoms with Crippen LogP contribution in [0.3, 0.4) is 0 Å². The number of piperidine rings is 1. The highest BCUT2D eigenvalue weighted by Gasteiger charge is 2.29. The number of likely N-dealkylation sites (tertiary alicyclic amines) is 1. The number of rotatable bonds is 2. The van der Waals surface area contributed by atoms with Gasteiger partial charge in [-0.25, -0.2) is 0 Å². The second kappa shape index (κ2) is 8.96. The normalized spacial score (nSPS) is 21.0. The molecular weight excluding hydrogens is 310 g/mol. The van der Waals surface area contributed by atoms with Crippen molar-refractivity contribution < 1.29 is 14.3 Å². The summed E-state index contributed by atoms with van der Waals surface area (Å²) in [5, 5.41) is -0.110. The maximum absolute atomic E-state index is 11.5. The van der Waals surface area contributed by atoms with Crippen molar-refractivity contribution in [3.05, 3.63) is 35.9 Å². The number of benzene rings is 1. The Morgan fingerprint density at radius 1 is 1.30 bits per heavy atom. The largest absolute Gasteiger partial charge is 0.462 e. The number of nitrogens with zero attached hydrogens (tertiary/aromatic N) is 1. The summed E-state index contributed by atoms with van der Waals surface area (Å²) in [4.78, 5) is 23.0. The third-order valence-corrected chi connectivity index (χ3v) is 3.95. The zero-order valence-corrected chi connectivity index (χ0v) is 15.3. The van der Waals surface area contributed by atoms with Crippen molar-refractivity contribution >= 4 is 24.3 Å².